The average Bonchev–Trinajstić information content (AvgIpc) is 2.68. The number of aromatic nitrogens is 2. The molecule has 0 fully saturated rings. The van der Waals surface area contributed by atoms with Crippen LogP contribution in [0.1, 0.15) is 25.8 Å². The maximum Gasteiger partial charge on any atom is 0.408 e. The number of amides is 1. The Morgan fingerprint density at radius 3 is 2.52 bits per heavy atom. The summed E-state index contributed by atoms with van der Waals surface area (Å²) >= 11 is 0. The molecule has 1 atom stereocenters. The summed E-state index contributed by atoms with van der Waals surface area (Å²) in [6.07, 6.45) is 0.0884. The third-order valence-corrected chi connectivity index (χ3v) is 3.81. The minimum absolute atomic E-state index is 0.0299. The van der Waals surface area contributed by atoms with Crippen LogP contribution in [-0.2, 0) is 27.6 Å². The number of halogens is 1. The fourth-order valence-electron chi connectivity index (χ4n) is 2.40. The molecule has 0 aliphatic heterocycles. The number of nitrogens with zero attached hydrogens (tertiary/aromatic N) is 1. The maximum atomic E-state index is 13.3. The molecule has 156 valence electrons. The van der Waals surface area contributed by atoms with Crippen LogP contribution in [0, 0.1) is 11.7 Å². The van der Waals surface area contributed by atoms with Gasteiger partial charge in [-0.05, 0) is 17.9 Å². The molecule has 1 amide bonds. The van der Waals surface area contributed by atoms with Gasteiger partial charge in [0, 0.05) is 0 Å². The highest BCUT2D eigenvalue weighted by Crippen LogP contribution is 2.08. The van der Waals surface area contributed by atoms with Gasteiger partial charge < -0.3 is 14.8 Å². The summed E-state index contributed by atoms with van der Waals surface area (Å²) in [7, 11) is 0. The Balaban J connectivity index is 1.96. The zero-order valence-electron chi connectivity index (χ0n) is 16.0. The summed E-state index contributed by atoms with van der Waals surface area (Å²) in [5, 5.41) is 2.43. The van der Waals surface area contributed by atoms with E-state index < -0.39 is 41.9 Å². The first kappa shape index (κ1) is 21.9. The summed E-state index contributed by atoms with van der Waals surface area (Å²) < 4.78 is 24.1. The molecule has 29 heavy (non-hydrogen) atoms. The molecule has 0 aliphatic carbocycles. The first-order valence-corrected chi connectivity index (χ1v) is 8.89. The zero-order chi connectivity index (χ0) is 21.4. The van der Waals surface area contributed by atoms with Crippen molar-refractivity contribution in [2.24, 2.45) is 5.92 Å². The van der Waals surface area contributed by atoms with Crippen molar-refractivity contribution in [3.63, 3.8) is 0 Å². The monoisotopic (exact) mass is 407 g/mol. The Morgan fingerprint density at radius 2 is 1.86 bits per heavy atom. The van der Waals surface area contributed by atoms with Crippen molar-refractivity contribution in [3.8, 4) is 0 Å². The lowest BCUT2D eigenvalue weighted by atomic mass is 10.0. The van der Waals surface area contributed by atoms with Gasteiger partial charge in [0.15, 0.2) is 6.73 Å². The molecular formula is C19H22FN3O6. The van der Waals surface area contributed by atoms with Crippen LogP contribution >= 0.6 is 0 Å². The lowest BCUT2D eigenvalue weighted by Gasteiger charge is -2.19. The molecular weight excluding hydrogens is 385 g/mol. The van der Waals surface area contributed by atoms with E-state index in [0.29, 0.717) is 10.8 Å². The van der Waals surface area contributed by atoms with Gasteiger partial charge in [0.1, 0.15) is 12.6 Å². The number of nitrogens with one attached hydrogen (secondary N) is 2. The summed E-state index contributed by atoms with van der Waals surface area (Å²) in [6.45, 7) is 3.10. The maximum absolute atomic E-state index is 13.3. The molecule has 10 heteroatoms. The highest BCUT2D eigenvalue weighted by molar-refractivity contribution is 5.81. The van der Waals surface area contributed by atoms with Gasteiger partial charge in [-0.3, -0.25) is 14.3 Å². The fraction of sp³-hybridized carbons (Fsp3) is 0.368. The third kappa shape index (κ3) is 6.91. The summed E-state index contributed by atoms with van der Waals surface area (Å²) in [6, 6.07) is 7.98. The fourth-order valence-corrected chi connectivity index (χ4v) is 2.40. The molecule has 2 N–H and O–H groups in total. The van der Waals surface area contributed by atoms with Gasteiger partial charge in [0.25, 0.3) is 5.56 Å². The summed E-state index contributed by atoms with van der Waals surface area (Å²) in [4.78, 5) is 48.8. The largest absolute Gasteiger partial charge is 0.445 e. The molecule has 2 aromatic rings. The van der Waals surface area contributed by atoms with Crippen LogP contribution in [0.2, 0.25) is 0 Å². The van der Waals surface area contributed by atoms with Crippen LogP contribution in [0.25, 0.3) is 0 Å². The molecule has 0 aliphatic rings. The number of carbonyl (C=O) groups is 2. The Hall–Kier alpha value is -3.43. The number of alkyl carbamates (subject to hydrolysis) is 1. The van der Waals surface area contributed by atoms with E-state index in [2.05, 4.69) is 5.32 Å². The SMILES string of the molecule is CC(C)C[C@H](NC(=O)OCc1ccccc1)C(=O)OCn1cc(F)c(=O)[nH]c1=O. The Morgan fingerprint density at radius 1 is 1.17 bits per heavy atom. The normalized spacial score (nSPS) is 11.7. The van der Waals surface area contributed by atoms with Gasteiger partial charge in [0.2, 0.25) is 5.82 Å². The number of hydrogen-bond donors (Lipinski definition) is 2. The molecule has 1 heterocycles. The van der Waals surface area contributed by atoms with Crippen molar-refractivity contribution in [3.05, 3.63) is 68.7 Å². The number of esters is 1. The number of aromatic amines is 1. The van der Waals surface area contributed by atoms with Crippen molar-refractivity contribution < 1.29 is 23.5 Å². The predicted molar refractivity (Wildman–Crippen MR) is 100 cm³/mol. The standard InChI is InChI=1S/C19H22FN3O6/c1-12(2)8-15(21-19(27)28-10-13-6-4-3-5-7-13)17(25)29-11-23-9-14(20)16(24)22-18(23)26/h3-7,9,12,15H,8,10-11H2,1-2H3,(H,21,27)(H,22,24,26)/t15-/m0/s1. The molecule has 2 rings (SSSR count). The van der Waals surface area contributed by atoms with Crippen LogP contribution in [0.3, 0.4) is 0 Å². The Bertz CT molecular complexity index is 954. The van der Waals surface area contributed by atoms with E-state index in [9.17, 15) is 23.6 Å². The molecule has 1 aromatic carbocycles. The quantitative estimate of drug-likeness (QED) is 0.641. The predicted octanol–water partition coefficient (Wildman–Crippen LogP) is 1.52. The molecule has 0 spiro atoms. The number of benzene rings is 1. The second kappa shape index (κ2) is 10.2. The smallest absolute Gasteiger partial charge is 0.408 e. The van der Waals surface area contributed by atoms with E-state index in [4.69, 9.17) is 9.47 Å². The third-order valence-electron chi connectivity index (χ3n) is 3.81. The van der Waals surface area contributed by atoms with Gasteiger partial charge in [-0.1, -0.05) is 44.2 Å². The number of hydrogen-bond acceptors (Lipinski definition) is 6. The number of ether oxygens (including phenoxy) is 2. The molecule has 1 aromatic heterocycles. The lowest BCUT2D eigenvalue weighted by molar-refractivity contribution is -0.150. The zero-order valence-corrected chi connectivity index (χ0v) is 16.0. The van der Waals surface area contributed by atoms with Crippen molar-refractivity contribution in [1.82, 2.24) is 14.9 Å². The van der Waals surface area contributed by atoms with Crippen molar-refractivity contribution >= 4 is 12.1 Å². The molecule has 0 saturated carbocycles. The van der Waals surface area contributed by atoms with Crippen molar-refractivity contribution in [2.45, 2.75) is 39.6 Å². The number of carbonyl (C=O) groups excluding carboxylic acids is 2. The van der Waals surface area contributed by atoms with E-state index >= 15 is 0 Å². The van der Waals surface area contributed by atoms with Gasteiger partial charge in [0.05, 0.1) is 6.20 Å². The van der Waals surface area contributed by atoms with Crippen molar-refractivity contribution in [2.75, 3.05) is 0 Å². The Labute approximate surface area is 165 Å². The van der Waals surface area contributed by atoms with Crippen molar-refractivity contribution in [1.29, 1.82) is 0 Å². The van der Waals surface area contributed by atoms with Crippen LogP contribution in [0.15, 0.2) is 46.1 Å². The molecule has 0 radical (unpaired) electrons. The van der Waals surface area contributed by atoms with Gasteiger partial charge in [-0.15, -0.1) is 0 Å². The van der Waals surface area contributed by atoms with Gasteiger partial charge >= 0.3 is 17.8 Å². The van der Waals surface area contributed by atoms with Gasteiger partial charge in [-0.25, -0.2) is 14.4 Å². The lowest BCUT2D eigenvalue weighted by Crippen LogP contribution is -2.43. The minimum Gasteiger partial charge on any atom is -0.445 e. The molecule has 0 unspecified atom stereocenters. The van der Waals surface area contributed by atoms with E-state index in [0.717, 1.165) is 5.56 Å². The van der Waals surface area contributed by atoms with Crippen LogP contribution in [-0.4, -0.2) is 27.7 Å². The second-order valence-corrected chi connectivity index (χ2v) is 6.69. The molecule has 0 saturated heterocycles. The van der Waals surface area contributed by atoms with E-state index in [1.807, 2.05) is 19.9 Å². The van der Waals surface area contributed by atoms with E-state index in [1.165, 1.54) is 0 Å². The van der Waals surface area contributed by atoms with Crippen LogP contribution in [0.5, 0.6) is 0 Å². The second-order valence-electron chi connectivity index (χ2n) is 6.69. The average molecular weight is 407 g/mol. The highest BCUT2D eigenvalue weighted by Gasteiger charge is 2.24. The van der Waals surface area contributed by atoms with E-state index in [1.54, 1.807) is 29.2 Å². The van der Waals surface area contributed by atoms with Gasteiger partial charge in [-0.2, -0.15) is 4.39 Å². The first-order valence-electron chi connectivity index (χ1n) is 8.89. The summed E-state index contributed by atoms with van der Waals surface area (Å²) in [5.74, 6) is -1.98. The minimum atomic E-state index is -1.19. The first-order chi connectivity index (χ1) is 13.8. The van der Waals surface area contributed by atoms with Crippen LogP contribution in [0.4, 0.5) is 9.18 Å². The topological polar surface area (TPSA) is 119 Å². The number of H-pyrrole nitrogens is 1. The highest BCUT2D eigenvalue weighted by atomic mass is 19.1. The molecule has 0 bridgehead atoms. The van der Waals surface area contributed by atoms with Crippen LogP contribution < -0.4 is 16.6 Å². The number of rotatable bonds is 8. The summed E-state index contributed by atoms with van der Waals surface area (Å²) in [5.41, 5.74) is -1.32. The molecule has 9 nitrogen and oxygen atoms in total. The Kier molecular flexibility index (Phi) is 7.70. The van der Waals surface area contributed by atoms with E-state index in [-0.39, 0.29) is 18.9 Å².